The highest BCUT2D eigenvalue weighted by molar-refractivity contribution is 9.10. The van der Waals surface area contributed by atoms with E-state index in [1.807, 2.05) is 13.8 Å². The molecule has 1 aliphatic heterocycles. The molecule has 0 radical (unpaired) electrons. The summed E-state index contributed by atoms with van der Waals surface area (Å²) >= 11 is 3.43. The molecule has 41 heavy (non-hydrogen) atoms. The number of alkyl carbamates (subject to hydrolysis) is 1. The van der Waals surface area contributed by atoms with Crippen LogP contribution in [-0.4, -0.2) is 63.0 Å². The first-order chi connectivity index (χ1) is 18.5. The third-order valence-corrected chi connectivity index (χ3v) is 14.6. The standard InChI is InChI=1S/C29H46BrN3O6SSi/c1-27(2,3)39-26(35)31-21-13-14-33(16-21)40(36,37)24-17-32(25(34)22-12-11-20(30)15-23(22)24)18-29(7,8)19-38-41(9,10)28(4,5)6/h11-12,15,17,21H,13-14,16,18-19H2,1-10H3,(H,31,35)/t21-/m0/s1. The Kier molecular flexibility index (Phi) is 9.67. The van der Waals surface area contributed by atoms with Crippen molar-refractivity contribution in [2.24, 2.45) is 5.41 Å². The van der Waals surface area contributed by atoms with Gasteiger partial charge in [-0.05, 0) is 63.5 Å². The van der Waals surface area contributed by atoms with Gasteiger partial charge in [-0.15, -0.1) is 0 Å². The number of hydrogen-bond acceptors (Lipinski definition) is 6. The Bertz CT molecular complexity index is 1460. The molecule has 1 aromatic carbocycles. The Morgan fingerprint density at radius 3 is 2.32 bits per heavy atom. The molecule has 1 saturated heterocycles. The van der Waals surface area contributed by atoms with Crippen molar-refractivity contribution in [3.63, 3.8) is 0 Å². The summed E-state index contributed by atoms with van der Waals surface area (Å²) in [5.74, 6) is 0. The Hall–Kier alpha value is -1.73. The second-order valence-electron chi connectivity index (χ2n) is 14.3. The van der Waals surface area contributed by atoms with Crippen molar-refractivity contribution in [2.45, 2.75) is 103 Å². The van der Waals surface area contributed by atoms with Gasteiger partial charge in [0.2, 0.25) is 10.0 Å². The number of nitrogens with one attached hydrogen (secondary N) is 1. The van der Waals surface area contributed by atoms with Crippen LogP contribution in [0.3, 0.4) is 0 Å². The number of pyridine rings is 1. The minimum atomic E-state index is -4.00. The minimum absolute atomic E-state index is 0.0451. The summed E-state index contributed by atoms with van der Waals surface area (Å²) in [6.07, 6.45) is 1.35. The molecule has 9 nitrogen and oxygen atoms in total. The summed E-state index contributed by atoms with van der Waals surface area (Å²) < 4.78 is 43.5. The fraction of sp³-hybridized carbons (Fsp3) is 0.655. The van der Waals surface area contributed by atoms with E-state index >= 15 is 0 Å². The first-order valence-corrected chi connectivity index (χ1v) is 19.1. The molecular formula is C29H46BrN3O6SSi. The monoisotopic (exact) mass is 671 g/mol. The normalized spacial score (nSPS) is 17.7. The third kappa shape index (κ3) is 8.22. The molecule has 230 valence electrons. The highest BCUT2D eigenvalue weighted by Crippen LogP contribution is 2.38. The number of carbonyl (C=O) groups excluding carboxylic acids is 1. The molecule has 3 rings (SSSR count). The molecule has 0 unspecified atom stereocenters. The first kappa shape index (κ1) is 33.8. The fourth-order valence-corrected chi connectivity index (χ4v) is 7.68. The van der Waals surface area contributed by atoms with Gasteiger partial charge >= 0.3 is 6.09 Å². The topological polar surface area (TPSA) is 107 Å². The molecule has 1 aromatic heterocycles. The van der Waals surface area contributed by atoms with Crippen LogP contribution in [0.4, 0.5) is 4.79 Å². The molecule has 0 spiro atoms. The van der Waals surface area contributed by atoms with Crippen molar-refractivity contribution < 1.29 is 22.4 Å². The number of hydrogen-bond donors (Lipinski definition) is 1. The predicted octanol–water partition coefficient (Wildman–Crippen LogP) is 6.10. The summed E-state index contributed by atoms with van der Waals surface area (Å²) in [7, 11) is -6.02. The zero-order valence-electron chi connectivity index (χ0n) is 26.1. The van der Waals surface area contributed by atoms with E-state index in [2.05, 4.69) is 55.1 Å². The van der Waals surface area contributed by atoms with Crippen LogP contribution in [-0.2, 0) is 25.7 Å². The molecule has 2 heterocycles. The molecule has 0 bridgehead atoms. The number of carbonyl (C=O) groups is 1. The lowest BCUT2D eigenvalue weighted by Gasteiger charge is -2.39. The van der Waals surface area contributed by atoms with Gasteiger partial charge in [0.15, 0.2) is 8.32 Å². The van der Waals surface area contributed by atoms with E-state index in [0.29, 0.717) is 28.3 Å². The van der Waals surface area contributed by atoms with E-state index in [1.54, 1.807) is 39.0 Å². The lowest BCUT2D eigenvalue weighted by atomic mass is 9.94. The number of rotatable bonds is 8. The van der Waals surface area contributed by atoms with Crippen molar-refractivity contribution in [1.29, 1.82) is 0 Å². The summed E-state index contributed by atoms with van der Waals surface area (Å²) in [4.78, 5) is 26.0. The number of fused-ring (bicyclic) bond motifs is 1. The summed E-state index contributed by atoms with van der Waals surface area (Å²) in [5.41, 5.74) is -1.34. The number of ether oxygens (including phenoxy) is 1. The molecule has 1 N–H and O–H groups in total. The quantitative estimate of drug-likeness (QED) is 0.340. The highest BCUT2D eigenvalue weighted by Gasteiger charge is 2.39. The van der Waals surface area contributed by atoms with E-state index < -0.39 is 35.4 Å². The van der Waals surface area contributed by atoms with E-state index in [0.717, 1.165) is 0 Å². The molecule has 12 heteroatoms. The lowest BCUT2D eigenvalue weighted by molar-refractivity contribution is 0.0507. The number of nitrogens with zero attached hydrogens (tertiary/aromatic N) is 2. The molecule has 1 fully saturated rings. The van der Waals surface area contributed by atoms with Gasteiger partial charge in [-0.2, -0.15) is 4.31 Å². The van der Waals surface area contributed by atoms with E-state index in [1.165, 1.54) is 15.1 Å². The number of amides is 1. The van der Waals surface area contributed by atoms with Crippen LogP contribution in [0.25, 0.3) is 10.8 Å². The van der Waals surface area contributed by atoms with Crippen molar-refractivity contribution >= 4 is 51.1 Å². The van der Waals surface area contributed by atoms with Crippen molar-refractivity contribution in [2.75, 3.05) is 19.7 Å². The Balaban J connectivity index is 1.95. The van der Waals surface area contributed by atoms with E-state index in [9.17, 15) is 18.0 Å². The summed E-state index contributed by atoms with van der Waals surface area (Å²) in [6.45, 7) is 21.4. The van der Waals surface area contributed by atoms with Crippen molar-refractivity contribution in [3.8, 4) is 0 Å². The Morgan fingerprint density at radius 1 is 1.10 bits per heavy atom. The third-order valence-electron chi connectivity index (χ3n) is 7.73. The van der Waals surface area contributed by atoms with E-state index in [4.69, 9.17) is 9.16 Å². The lowest BCUT2D eigenvalue weighted by Crippen LogP contribution is -2.44. The van der Waals surface area contributed by atoms with Crippen LogP contribution in [0.1, 0.15) is 61.8 Å². The van der Waals surface area contributed by atoms with Gasteiger partial charge in [0.25, 0.3) is 5.56 Å². The maximum Gasteiger partial charge on any atom is 0.407 e. The molecule has 2 aromatic rings. The molecule has 1 atom stereocenters. The minimum Gasteiger partial charge on any atom is -0.444 e. The van der Waals surface area contributed by atoms with Crippen molar-refractivity contribution in [1.82, 2.24) is 14.2 Å². The van der Waals surface area contributed by atoms with Crippen LogP contribution < -0.4 is 10.9 Å². The Labute approximate surface area is 254 Å². The van der Waals surface area contributed by atoms with Crippen LogP contribution >= 0.6 is 15.9 Å². The highest BCUT2D eigenvalue weighted by atomic mass is 79.9. The van der Waals surface area contributed by atoms with Gasteiger partial charge in [-0.3, -0.25) is 4.79 Å². The second-order valence-corrected chi connectivity index (χ2v) is 22.0. The number of aromatic nitrogens is 1. The first-order valence-electron chi connectivity index (χ1n) is 14.0. The summed E-state index contributed by atoms with van der Waals surface area (Å²) in [6, 6.07) is 4.70. The number of halogens is 1. The largest absolute Gasteiger partial charge is 0.444 e. The fourth-order valence-electron chi connectivity index (χ4n) is 4.43. The number of benzene rings is 1. The predicted molar refractivity (Wildman–Crippen MR) is 169 cm³/mol. The van der Waals surface area contributed by atoms with Crippen molar-refractivity contribution in [3.05, 3.63) is 39.2 Å². The molecule has 0 saturated carbocycles. The van der Waals surface area contributed by atoms with Gasteiger partial charge in [-0.25, -0.2) is 13.2 Å². The van der Waals surface area contributed by atoms with Crippen LogP contribution in [0.2, 0.25) is 18.1 Å². The SMILES string of the molecule is CC(C)(CO[Si](C)(C)C(C)(C)C)Cn1cc(S(=O)(=O)N2CC[C@H](NC(=O)OC(C)(C)C)C2)c2cc(Br)ccc2c1=O. The molecule has 0 aliphatic carbocycles. The van der Waals surface area contributed by atoms with Gasteiger partial charge in [0.1, 0.15) is 10.5 Å². The average molecular weight is 673 g/mol. The van der Waals surface area contributed by atoms with Crippen LogP contribution in [0, 0.1) is 5.41 Å². The molecule has 1 amide bonds. The maximum absolute atomic E-state index is 14.0. The molecule has 1 aliphatic rings. The zero-order valence-corrected chi connectivity index (χ0v) is 29.5. The Morgan fingerprint density at radius 2 is 1.73 bits per heavy atom. The molecular weight excluding hydrogens is 626 g/mol. The summed E-state index contributed by atoms with van der Waals surface area (Å²) in [5, 5.41) is 3.52. The van der Waals surface area contributed by atoms with Gasteiger partial charge in [0, 0.05) is 59.1 Å². The van der Waals surface area contributed by atoms with Gasteiger partial charge < -0.3 is 19.0 Å². The second kappa shape index (κ2) is 11.7. The van der Waals surface area contributed by atoms with Crippen LogP contribution in [0.15, 0.2) is 38.6 Å². The zero-order chi connectivity index (χ0) is 31.2. The number of sulfonamides is 1. The van der Waals surface area contributed by atoms with Crippen LogP contribution in [0.5, 0.6) is 0 Å². The van der Waals surface area contributed by atoms with E-state index in [-0.39, 0.29) is 41.2 Å². The average Bonchev–Trinajstić information content (AvgIpc) is 3.26. The van der Waals surface area contributed by atoms with Gasteiger partial charge in [0.05, 0.1) is 0 Å². The van der Waals surface area contributed by atoms with Gasteiger partial charge in [-0.1, -0.05) is 50.5 Å². The maximum atomic E-state index is 14.0. The smallest absolute Gasteiger partial charge is 0.407 e.